The topological polar surface area (TPSA) is 122 Å². The fourth-order valence-corrected chi connectivity index (χ4v) is 3.92. The molecule has 2 N–H and O–H groups in total. The van der Waals surface area contributed by atoms with Crippen LogP contribution in [-0.2, 0) is 14.3 Å². The van der Waals surface area contributed by atoms with E-state index < -0.39 is 0 Å². The van der Waals surface area contributed by atoms with E-state index in [0.717, 1.165) is 18.8 Å². The van der Waals surface area contributed by atoms with Crippen molar-refractivity contribution in [2.75, 3.05) is 50.6 Å². The van der Waals surface area contributed by atoms with Gasteiger partial charge < -0.3 is 24.8 Å². The number of nitrogens with zero attached hydrogens (tertiary/aromatic N) is 4. The normalized spacial score (nSPS) is 15.7. The number of morpholine rings is 1. The molecule has 1 saturated heterocycles. The maximum absolute atomic E-state index is 12.8. The van der Waals surface area contributed by atoms with Gasteiger partial charge in [-0.25, -0.2) is 0 Å². The summed E-state index contributed by atoms with van der Waals surface area (Å²) in [4.78, 5) is 15.0. The van der Waals surface area contributed by atoms with Crippen molar-refractivity contribution in [2.45, 2.75) is 26.4 Å². The molecular weight excluding hydrogens is 484 g/mol. The van der Waals surface area contributed by atoms with Gasteiger partial charge in [-0.1, -0.05) is 12.0 Å². The van der Waals surface area contributed by atoms with Gasteiger partial charge in [-0.3, -0.25) is 9.69 Å². The van der Waals surface area contributed by atoms with Crippen LogP contribution in [0.1, 0.15) is 26.0 Å². The van der Waals surface area contributed by atoms with Crippen LogP contribution >= 0.6 is 0 Å². The third kappa shape index (κ3) is 6.88. The lowest BCUT2D eigenvalue weighted by Gasteiger charge is -2.25. The summed E-state index contributed by atoms with van der Waals surface area (Å²) in [6.07, 6.45) is 7.22. The van der Waals surface area contributed by atoms with Gasteiger partial charge in [0.2, 0.25) is 5.91 Å². The molecule has 0 radical (unpaired) electrons. The van der Waals surface area contributed by atoms with E-state index in [-0.39, 0.29) is 17.7 Å². The van der Waals surface area contributed by atoms with Crippen LogP contribution in [0.4, 0.5) is 11.4 Å². The average molecular weight is 515 g/mol. The molecular formula is C28H30N6O4. The number of hydrogen-bond acceptors (Lipinski definition) is 9. The van der Waals surface area contributed by atoms with Crippen molar-refractivity contribution in [2.24, 2.45) is 0 Å². The zero-order valence-electron chi connectivity index (χ0n) is 21.7. The van der Waals surface area contributed by atoms with Gasteiger partial charge in [0.15, 0.2) is 11.5 Å². The maximum Gasteiger partial charge on any atom is 0.248 e. The Kier molecular flexibility index (Phi) is 8.94. The van der Waals surface area contributed by atoms with E-state index in [9.17, 15) is 10.1 Å². The summed E-state index contributed by atoms with van der Waals surface area (Å²) in [7, 11) is 1.56. The molecule has 1 aliphatic heterocycles. The third-order valence-corrected chi connectivity index (χ3v) is 5.76. The molecule has 1 aromatic heterocycles. The van der Waals surface area contributed by atoms with Gasteiger partial charge in [-0.2, -0.15) is 5.26 Å². The molecule has 1 amide bonds. The molecule has 4 rings (SSSR count). The summed E-state index contributed by atoms with van der Waals surface area (Å²) in [6.45, 7) is 7.54. The van der Waals surface area contributed by atoms with Gasteiger partial charge in [0, 0.05) is 49.3 Å². The van der Waals surface area contributed by atoms with Gasteiger partial charge in [0.05, 0.1) is 43.3 Å². The zero-order chi connectivity index (χ0) is 26.9. The molecule has 10 heteroatoms. The standard InChI is InChI=1S/C28H30N6O4/c1-19(2)38-26-17-23-22(16-24(26)31-27(35)8-5-11-34-12-14-37-15-13-34)28(25(18-29)33-32-23)30-20-6-4-7-21(36-3)10-9-20/h5,8-10,16-17,19H,6,11-15H2,1-3H3,(H,30,32)(H,31,35)/b8-5+. The number of allylic oxidation sites excluding steroid dienone is 4. The highest BCUT2D eigenvalue weighted by Gasteiger charge is 2.18. The number of methoxy groups -OCH3 is 1. The van der Waals surface area contributed by atoms with Gasteiger partial charge in [-0.05, 0) is 38.0 Å². The smallest absolute Gasteiger partial charge is 0.248 e. The highest BCUT2D eigenvalue weighted by atomic mass is 16.5. The molecule has 0 unspecified atom stereocenters. The Morgan fingerprint density at radius 1 is 1.29 bits per heavy atom. The molecule has 196 valence electrons. The highest BCUT2D eigenvalue weighted by molar-refractivity contribution is 6.04. The minimum atomic E-state index is -0.290. The minimum absolute atomic E-state index is 0.117. The van der Waals surface area contributed by atoms with Crippen LogP contribution in [0.3, 0.4) is 0 Å². The largest absolute Gasteiger partial charge is 0.489 e. The number of nitriles is 1. The number of anilines is 2. The number of ether oxygens (including phenoxy) is 3. The lowest BCUT2D eigenvalue weighted by atomic mass is 10.1. The summed E-state index contributed by atoms with van der Waals surface area (Å²) < 4.78 is 16.6. The average Bonchev–Trinajstić information content (AvgIpc) is 3.15. The molecule has 2 aliphatic rings. The lowest BCUT2D eigenvalue weighted by Crippen LogP contribution is -2.36. The Morgan fingerprint density at radius 2 is 2.11 bits per heavy atom. The summed E-state index contributed by atoms with van der Waals surface area (Å²) in [5, 5.41) is 24.9. The van der Waals surface area contributed by atoms with Gasteiger partial charge in [0.1, 0.15) is 11.8 Å². The number of hydrogen-bond donors (Lipinski definition) is 2. The molecule has 0 spiro atoms. The molecule has 38 heavy (non-hydrogen) atoms. The molecule has 2 aromatic rings. The Bertz CT molecular complexity index is 1390. The first kappa shape index (κ1) is 26.7. The molecule has 2 heterocycles. The number of carbonyl (C=O) groups is 1. The number of rotatable bonds is 9. The van der Waals surface area contributed by atoms with Crippen molar-refractivity contribution >= 4 is 28.2 Å². The van der Waals surface area contributed by atoms with Crippen molar-refractivity contribution in [1.29, 1.82) is 5.26 Å². The maximum atomic E-state index is 12.8. The Labute approximate surface area is 221 Å². The number of amides is 1. The molecule has 1 aromatic carbocycles. The van der Waals surface area contributed by atoms with Gasteiger partial charge in [0.25, 0.3) is 0 Å². The zero-order valence-corrected chi connectivity index (χ0v) is 21.7. The molecule has 0 atom stereocenters. The molecule has 0 saturated carbocycles. The Balaban J connectivity index is 1.65. The van der Waals surface area contributed by atoms with Crippen LogP contribution in [0.15, 0.2) is 47.9 Å². The summed E-state index contributed by atoms with van der Waals surface area (Å²) in [5.41, 5.74) is 2.32. The second-order valence-corrected chi connectivity index (χ2v) is 8.90. The fourth-order valence-electron chi connectivity index (χ4n) is 3.92. The van der Waals surface area contributed by atoms with E-state index in [0.29, 0.717) is 60.0 Å². The summed E-state index contributed by atoms with van der Waals surface area (Å²) >= 11 is 0. The van der Waals surface area contributed by atoms with Crippen LogP contribution in [0.2, 0.25) is 0 Å². The fraction of sp³-hybridized carbons (Fsp3) is 0.357. The summed E-state index contributed by atoms with van der Waals surface area (Å²) in [6, 6.07) is 5.56. The van der Waals surface area contributed by atoms with E-state index in [1.54, 1.807) is 25.3 Å². The van der Waals surface area contributed by atoms with E-state index in [2.05, 4.69) is 43.6 Å². The first-order valence-electron chi connectivity index (χ1n) is 12.4. The van der Waals surface area contributed by atoms with Crippen molar-refractivity contribution in [1.82, 2.24) is 15.1 Å². The third-order valence-electron chi connectivity index (χ3n) is 5.76. The quantitative estimate of drug-likeness (QED) is 0.383. The lowest BCUT2D eigenvalue weighted by molar-refractivity contribution is -0.111. The Morgan fingerprint density at radius 3 is 2.84 bits per heavy atom. The van der Waals surface area contributed by atoms with Gasteiger partial charge >= 0.3 is 0 Å². The van der Waals surface area contributed by atoms with Crippen molar-refractivity contribution in [3.05, 3.63) is 53.6 Å². The monoisotopic (exact) mass is 514 g/mol. The molecule has 0 bridgehead atoms. The summed E-state index contributed by atoms with van der Waals surface area (Å²) in [5.74, 6) is 6.67. The van der Waals surface area contributed by atoms with Gasteiger partial charge in [-0.15, -0.1) is 10.2 Å². The Hall–Kier alpha value is -4.38. The number of carbonyl (C=O) groups excluding carboxylic acids is 1. The highest BCUT2D eigenvalue weighted by Crippen LogP contribution is 2.35. The van der Waals surface area contributed by atoms with E-state index in [1.165, 1.54) is 6.08 Å². The number of benzene rings is 1. The predicted octanol–water partition coefficient (Wildman–Crippen LogP) is 3.35. The van der Waals surface area contributed by atoms with Crippen LogP contribution in [0.5, 0.6) is 5.75 Å². The van der Waals surface area contributed by atoms with Crippen molar-refractivity contribution < 1.29 is 19.0 Å². The number of fused-ring (bicyclic) bond motifs is 1. The molecule has 10 nitrogen and oxygen atoms in total. The second-order valence-electron chi connectivity index (χ2n) is 8.90. The van der Waals surface area contributed by atoms with Crippen LogP contribution in [-0.4, -0.2) is 67.1 Å². The van der Waals surface area contributed by atoms with Crippen molar-refractivity contribution in [3.63, 3.8) is 0 Å². The van der Waals surface area contributed by atoms with Crippen LogP contribution < -0.4 is 15.4 Å². The van der Waals surface area contributed by atoms with Crippen LogP contribution in [0.25, 0.3) is 10.9 Å². The SMILES string of the molecule is COC1=CC=C(Nc2c(C#N)nnc3cc(OC(C)C)c(NC(=O)/C=C/CN4CCOCC4)cc23)CC#C1. The van der Waals surface area contributed by atoms with E-state index in [4.69, 9.17) is 14.2 Å². The minimum Gasteiger partial charge on any atom is -0.489 e. The van der Waals surface area contributed by atoms with E-state index >= 15 is 0 Å². The predicted molar refractivity (Wildman–Crippen MR) is 144 cm³/mol. The first-order valence-corrected chi connectivity index (χ1v) is 12.4. The van der Waals surface area contributed by atoms with Crippen molar-refractivity contribution in [3.8, 4) is 23.7 Å². The molecule has 1 fully saturated rings. The van der Waals surface area contributed by atoms with E-state index in [1.807, 2.05) is 26.0 Å². The number of nitrogens with one attached hydrogen (secondary N) is 2. The second kappa shape index (κ2) is 12.7. The number of aromatic nitrogens is 2. The first-order chi connectivity index (χ1) is 18.5. The molecule has 1 aliphatic carbocycles. The van der Waals surface area contributed by atoms with Crippen LogP contribution in [0, 0.1) is 23.2 Å².